The van der Waals surface area contributed by atoms with Crippen LogP contribution in [-0.4, -0.2) is 28.4 Å². The number of hydrogen-bond acceptors (Lipinski definition) is 2. The average molecular weight is 491 g/mol. The summed E-state index contributed by atoms with van der Waals surface area (Å²) in [6, 6.07) is 9.51. The highest BCUT2D eigenvalue weighted by Gasteiger charge is 2.53. The molecule has 3 unspecified atom stereocenters. The number of fused-ring (bicyclic) bond motifs is 1. The Bertz CT molecular complexity index is 727. The molecule has 3 rings (SSSR count). The molecule has 0 radical (unpaired) electrons. The summed E-state index contributed by atoms with van der Waals surface area (Å²) in [5.41, 5.74) is 4.91. The molecule has 1 aromatic carbocycles. The first-order valence-electron chi connectivity index (χ1n) is 12.8. The fraction of sp³-hybridized carbons (Fsp3) is 0.714. The van der Waals surface area contributed by atoms with Crippen LogP contribution in [0, 0.1) is 0 Å². The molecular formula is C28H44BrNO. The lowest BCUT2D eigenvalue weighted by molar-refractivity contribution is 0.0102. The molecule has 2 aliphatic rings. The van der Waals surface area contributed by atoms with Crippen molar-refractivity contribution in [1.29, 1.82) is 0 Å². The van der Waals surface area contributed by atoms with Gasteiger partial charge in [0.05, 0.1) is 12.6 Å². The molecule has 1 aromatic rings. The molecule has 4 atom stereocenters. The lowest BCUT2D eigenvalue weighted by Gasteiger charge is -2.61. The van der Waals surface area contributed by atoms with Crippen LogP contribution >= 0.6 is 15.9 Å². The molecule has 0 amide bonds. The molecule has 0 bridgehead atoms. The smallest absolute Gasteiger partial charge is 0.118 e. The highest BCUT2D eigenvalue weighted by atomic mass is 79.9. The second-order valence-corrected chi connectivity index (χ2v) is 10.9. The number of ether oxygens (including phenoxy) is 1. The number of nitrogens with zero attached hydrogens (tertiary/aromatic N) is 1. The van der Waals surface area contributed by atoms with Crippen LogP contribution in [-0.2, 0) is 0 Å². The molecule has 1 saturated heterocycles. The zero-order valence-electron chi connectivity index (χ0n) is 20.6. The predicted octanol–water partition coefficient (Wildman–Crippen LogP) is 8.60. The van der Waals surface area contributed by atoms with Crippen molar-refractivity contribution in [2.24, 2.45) is 0 Å². The van der Waals surface area contributed by atoms with E-state index in [1.165, 1.54) is 76.2 Å². The summed E-state index contributed by atoms with van der Waals surface area (Å²) in [4.78, 5) is 3.37. The van der Waals surface area contributed by atoms with E-state index in [1.54, 1.807) is 18.4 Å². The van der Waals surface area contributed by atoms with Crippen molar-refractivity contribution < 1.29 is 4.74 Å². The summed E-state index contributed by atoms with van der Waals surface area (Å²) in [7, 11) is 1.75. The van der Waals surface area contributed by atoms with Crippen LogP contribution in [0.1, 0.15) is 110 Å². The largest absolute Gasteiger partial charge is 0.497 e. The second kappa shape index (κ2) is 11.3. The van der Waals surface area contributed by atoms with E-state index in [-0.39, 0.29) is 5.54 Å². The number of methoxy groups -OCH3 is 1. The summed E-state index contributed by atoms with van der Waals surface area (Å²) in [6.45, 7) is 9.54. The molecule has 0 N–H and O–H groups in total. The molecule has 0 spiro atoms. The van der Waals surface area contributed by atoms with Gasteiger partial charge in [0.25, 0.3) is 0 Å². The third kappa shape index (κ3) is 5.02. The zero-order chi connectivity index (χ0) is 22.4. The highest BCUT2D eigenvalue weighted by molar-refractivity contribution is 9.09. The molecule has 0 saturated carbocycles. The molecular weight excluding hydrogens is 446 g/mol. The number of unbranched alkanes of at least 4 members (excludes halogenated alkanes) is 4. The van der Waals surface area contributed by atoms with Crippen molar-refractivity contribution in [3.63, 3.8) is 0 Å². The van der Waals surface area contributed by atoms with E-state index in [1.807, 2.05) is 0 Å². The Morgan fingerprint density at radius 1 is 1.06 bits per heavy atom. The molecule has 31 heavy (non-hydrogen) atoms. The normalized spacial score (nSPS) is 28.6. The summed E-state index contributed by atoms with van der Waals surface area (Å²) in [5, 5.41) is 0. The maximum absolute atomic E-state index is 5.45. The topological polar surface area (TPSA) is 12.5 Å². The van der Waals surface area contributed by atoms with Gasteiger partial charge in [-0.05, 0) is 75.6 Å². The van der Waals surface area contributed by atoms with Gasteiger partial charge < -0.3 is 9.64 Å². The van der Waals surface area contributed by atoms with Gasteiger partial charge in [0.15, 0.2) is 0 Å². The SMILES string of the molecule is CCCCCC1=C(C)C(c2ccc(OC)cc2)C(Br)[C@]2(CCCCC)CCCC(C)N12. The molecule has 3 heteroatoms. The number of benzene rings is 1. The van der Waals surface area contributed by atoms with Crippen LogP contribution in [0.5, 0.6) is 5.75 Å². The van der Waals surface area contributed by atoms with Gasteiger partial charge in [-0.2, -0.15) is 0 Å². The standard InChI is InChI=1S/C28H44BrNO/c1-6-8-10-14-25-22(4)26(23-15-17-24(31-5)18-16-23)27(29)28(19-11-9-7-2)20-12-13-21(3)30(25)28/h15-18,21,26-27H,6-14,19-20H2,1-5H3/t21?,26?,27?,28-/m0/s1. The highest BCUT2D eigenvalue weighted by Crippen LogP contribution is 2.55. The third-order valence-electron chi connectivity index (χ3n) is 7.88. The van der Waals surface area contributed by atoms with Crippen molar-refractivity contribution in [3.05, 3.63) is 41.1 Å². The van der Waals surface area contributed by atoms with E-state index in [0.717, 1.165) is 5.75 Å². The quantitative estimate of drug-likeness (QED) is 0.240. The number of halogens is 1. The Balaban J connectivity index is 2.08. The first-order valence-corrected chi connectivity index (χ1v) is 13.7. The van der Waals surface area contributed by atoms with Crippen LogP contribution in [0.15, 0.2) is 35.5 Å². The Labute approximate surface area is 199 Å². The number of hydrogen-bond donors (Lipinski definition) is 0. The molecule has 0 aliphatic carbocycles. The molecule has 2 aliphatic heterocycles. The van der Waals surface area contributed by atoms with Crippen LogP contribution in [0.2, 0.25) is 0 Å². The summed E-state index contributed by atoms with van der Waals surface area (Å²) in [5.74, 6) is 1.38. The first-order chi connectivity index (χ1) is 15.0. The van der Waals surface area contributed by atoms with E-state index in [9.17, 15) is 0 Å². The van der Waals surface area contributed by atoms with Crippen LogP contribution < -0.4 is 4.74 Å². The fourth-order valence-electron chi connectivity index (χ4n) is 6.25. The van der Waals surface area contributed by atoms with Gasteiger partial charge >= 0.3 is 0 Å². The van der Waals surface area contributed by atoms with Crippen molar-refractivity contribution in [2.75, 3.05) is 7.11 Å². The van der Waals surface area contributed by atoms with Crippen LogP contribution in [0.3, 0.4) is 0 Å². The van der Waals surface area contributed by atoms with E-state index in [2.05, 4.69) is 72.8 Å². The van der Waals surface area contributed by atoms with Crippen molar-refractivity contribution in [2.45, 2.75) is 121 Å². The van der Waals surface area contributed by atoms with Gasteiger partial charge in [0.2, 0.25) is 0 Å². The number of rotatable bonds is 10. The van der Waals surface area contributed by atoms with Crippen molar-refractivity contribution >= 4 is 15.9 Å². The van der Waals surface area contributed by atoms with E-state index in [0.29, 0.717) is 16.8 Å². The molecule has 2 nitrogen and oxygen atoms in total. The lowest BCUT2D eigenvalue weighted by Crippen LogP contribution is -2.63. The summed E-state index contributed by atoms with van der Waals surface area (Å²) in [6.07, 6.45) is 14.4. The van der Waals surface area contributed by atoms with Crippen LogP contribution in [0.4, 0.5) is 0 Å². The summed E-state index contributed by atoms with van der Waals surface area (Å²) >= 11 is 4.35. The first kappa shape index (κ1) is 24.7. The van der Waals surface area contributed by atoms with Gasteiger partial charge in [0, 0.05) is 22.5 Å². The Morgan fingerprint density at radius 3 is 2.39 bits per heavy atom. The zero-order valence-corrected chi connectivity index (χ0v) is 22.1. The second-order valence-electron chi connectivity index (χ2n) is 9.91. The molecule has 0 aromatic heterocycles. The van der Waals surface area contributed by atoms with Gasteiger partial charge in [-0.15, -0.1) is 0 Å². The monoisotopic (exact) mass is 489 g/mol. The molecule has 1 fully saturated rings. The van der Waals surface area contributed by atoms with Crippen LogP contribution in [0.25, 0.3) is 0 Å². The van der Waals surface area contributed by atoms with E-state index < -0.39 is 0 Å². The number of allylic oxidation sites excluding steroid dienone is 2. The van der Waals surface area contributed by atoms with Gasteiger partial charge in [0.1, 0.15) is 5.75 Å². The van der Waals surface area contributed by atoms with Gasteiger partial charge in [-0.1, -0.05) is 74.0 Å². The average Bonchev–Trinajstić information content (AvgIpc) is 2.77. The minimum absolute atomic E-state index is 0.235. The van der Waals surface area contributed by atoms with E-state index in [4.69, 9.17) is 4.74 Å². The number of piperidine rings is 1. The predicted molar refractivity (Wildman–Crippen MR) is 137 cm³/mol. The number of alkyl halides is 1. The Hall–Kier alpha value is -0.960. The van der Waals surface area contributed by atoms with Crippen molar-refractivity contribution in [3.8, 4) is 5.75 Å². The minimum atomic E-state index is 0.235. The maximum Gasteiger partial charge on any atom is 0.118 e. The van der Waals surface area contributed by atoms with Crippen molar-refractivity contribution in [1.82, 2.24) is 4.90 Å². The maximum atomic E-state index is 5.45. The molecule has 2 heterocycles. The third-order valence-corrected chi connectivity index (χ3v) is 9.26. The minimum Gasteiger partial charge on any atom is -0.497 e. The van der Waals surface area contributed by atoms with Gasteiger partial charge in [-0.3, -0.25) is 0 Å². The Morgan fingerprint density at radius 2 is 1.74 bits per heavy atom. The summed E-state index contributed by atoms with van der Waals surface area (Å²) < 4.78 is 5.45. The fourth-order valence-corrected chi connectivity index (χ4v) is 7.63. The molecule has 174 valence electrons. The Kier molecular flexibility index (Phi) is 8.96. The van der Waals surface area contributed by atoms with Gasteiger partial charge in [-0.25, -0.2) is 0 Å². The van der Waals surface area contributed by atoms with E-state index >= 15 is 0 Å². The lowest BCUT2D eigenvalue weighted by atomic mass is 9.67.